The summed E-state index contributed by atoms with van der Waals surface area (Å²) in [5.74, 6) is 0.269. The Hall–Kier alpha value is -0.870. The monoisotopic (exact) mass is 323 g/mol. The Labute approximate surface area is 122 Å². The number of benzene rings is 1. The predicted octanol–water partition coefficient (Wildman–Crippen LogP) is 3.25. The molecule has 0 atom stereocenters. The molecule has 0 aliphatic carbocycles. The molecule has 1 saturated heterocycles. The van der Waals surface area contributed by atoms with Crippen LogP contribution in [0.2, 0.25) is 0 Å². The van der Waals surface area contributed by atoms with Crippen LogP contribution in [0.4, 0.5) is 5.69 Å². The molecule has 1 amide bonds. The van der Waals surface area contributed by atoms with Crippen molar-refractivity contribution >= 4 is 27.5 Å². The van der Waals surface area contributed by atoms with E-state index in [2.05, 4.69) is 35.0 Å². The average Bonchev–Trinajstić information content (AvgIpc) is 2.63. The van der Waals surface area contributed by atoms with Crippen molar-refractivity contribution in [2.45, 2.75) is 31.6 Å². The van der Waals surface area contributed by atoms with Crippen molar-refractivity contribution in [3.8, 4) is 0 Å². The number of anilines is 1. The van der Waals surface area contributed by atoms with Crippen LogP contribution in [0.5, 0.6) is 0 Å². The molecular formula is C15H18BrNO2. The number of nitrogens with zero attached hydrogens (tertiary/aromatic N) is 1. The minimum absolute atomic E-state index is 0.269. The SMILES string of the molecule is CCCN1C(=O)C2(CCOCC2)c2ccc(Br)cc21. The normalized spacial score (nSPS) is 20.9. The quantitative estimate of drug-likeness (QED) is 0.836. The Kier molecular flexibility index (Phi) is 3.39. The van der Waals surface area contributed by atoms with Gasteiger partial charge >= 0.3 is 0 Å². The summed E-state index contributed by atoms with van der Waals surface area (Å²) in [6.07, 6.45) is 2.59. The van der Waals surface area contributed by atoms with Gasteiger partial charge in [-0.1, -0.05) is 28.9 Å². The number of halogens is 1. The van der Waals surface area contributed by atoms with E-state index in [4.69, 9.17) is 4.74 Å². The summed E-state index contributed by atoms with van der Waals surface area (Å²) >= 11 is 3.51. The molecule has 2 heterocycles. The van der Waals surface area contributed by atoms with Crippen LogP contribution in [0, 0.1) is 0 Å². The summed E-state index contributed by atoms with van der Waals surface area (Å²) < 4.78 is 6.49. The van der Waals surface area contributed by atoms with Crippen LogP contribution >= 0.6 is 15.9 Å². The molecule has 0 N–H and O–H groups in total. The second-order valence-electron chi connectivity index (χ2n) is 5.31. The smallest absolute Gasteiger partial charge is 0.237 e. The zero-order valence-corrected chi connectivity index (χ0v) is 12.7. The van der Waals surface area contributed by atoms with E-state index in [1.165, 1.54) is 5.56 Å². The van der Waals surface area contributed by atoms with Gasteiger partial charge in [-0.05, 0) is 37.0 Å². The topological polar surface area (TPSA) is 29.5 Å². The Morgan fingerprint density at radius 2 is 2.11 bits per heavy atom. The molecular weight excluding hydrogens is 306 g/mol. The molecule has 19 heavy (non-hydrogen) atoms. The summed E-state index contributed by atoms with van der Waals surface area (Å²) in [6.45, 7) is 4.27. The van der Waals surface area contributed by atoms with E-state index >= 15 is 0 Å². The number of ether oxygens (including phenoxy) is 1. The minimum atomic E-state index is -0.330. The molecule has 2 aliphatic heterocycles. The molecule has 1 spiro atoms. The van der Waals surface area contributed by atoms with Crippen LogP contribution in [0.1, 0.15) is 31.7 Å². The van der Waals surface area contributed by atoms with Gasteiger partial charge in [-0.2, -0.15) is 0 Å². The van der Waals surface area contributed by atoms with Gasteiger partial charge in [0, 0.05) is 29.9 Å². The number of rotatable bonds is 2. The van der Waals surface area contributed by atoms with Gasteiger partial charge in [0.15, 0.2) is 0 Å². The highest BCUT2D eigenvalue weighted by molar-refractivity contribution is 9.10. The lowest BCUT2D eigenvalue weighted by Crippen LogP contribution is -2.44. The highest BCUT2D eigenvalue weighted by atomic mass is 79.9. The summed E-state index contributed by atoms with van der Waals surface area (Å²) in [6, 6.07) is 6.23. The Morgan fingerprint density at radius 1 is 1.37 bits per heavy atom. The van der Waals surface area contributed by atoms with Gasteiger partial charge < -0.3 is 9.64 Å². The first-order valence-electron chi connectivity index (χ1n) is 6.89. The molecule has 1 aromatic rings. The Balaban J connectivity index is 2.11. The maximum Gasteiger partial charge on any atom is 0.237 e. The van der Waals surface area contributed by atoms with Gasteiger partial charge in [0.05, 0.1) is 5.41 Å². The Bertz CT molecular complexity index is 509. The maximum atomic E-state index is 12.9. The fraction of sp³-hybridized carbons (Fsp3) is 0.533. The standard InChI is InChI=1S/C15H18BrNO2/c1-2-7-17-13-10-11(16)3-4-12(13)15(14(17)18)5-8-19-9-6-15/h3-4,10H,2,5-9H2,1H3. The first-order chi connectivity index (χ1) is 9.19. The van der Waals surface area contributed by atoms with Crippen LogP contribution in [0.3, 0.4) is 0 Å². The number of fused-ring (bicyclic) bond motifs is 2. The highest BCUT2D eigenvalue weighted by Crippen LogP contribution is 2.48. The van der Waals surface area contributed by atoms with Crippen molar-refractivity contribution in [2.24, 2.45) is 0 Å². The zero-order valence-electron chi connectivity index (χ0n) is 11.1. The maximum absolute atomic E-state index is 12.9. The van der Waals surface area contributed by atoms with E-state index in [1.807, 2.05) is 11.0 Å². The van der Waals surface area contributed by atoms with Crippen molar-refractivity contribution in [3.05, 3.63) is 28.2 Å². The lowest BCUT2D eigenvalue weighted by atomic mass is 9.75. The molecule has 0 saturated carbocycles. The molecule has 2 aliphatic rings. The Morgan fingerprint density at radius 3 is 2.79 bits per heavy atom. The van der Waals surface area contributed by atoms with Gasteiger partial charge in [-0.3, -0.25) is 4.79 Å². The van der Waals surface area contributed by atoms with Crippen molar-refractivity contribution in [2.75, 3.05) is 24.7 Å². The number of carbonyl (C=O) groups is 1. The lowest BCUT2D eigenvalue weighted by Gasteiger charge is -2.32. The van der Waals surface area contributed by atoms with Gasteiger partial charge in [0.25, 0.3) is 0 Å². The fourth-order valence-corrected chi connectivity index (χ4v) is 3.61. The molecule has 1 fully saturated rings. The number of hydrogen-bond donors (Lipinski definition) is 0. The molecule has 3 nitrogen and oxygen atoms in total. The summed E-state index contributed by atoms with van der Waals surface area (Å²) in [5, 5.41) is 0. The number of carbonyl (C=O) groups excluding carboxylic acids is 1. The molecule has 1 aromatic carbocycles. The number of hydrogen-bond acceptors (Lipinski definition) is 2. The molecule has 4 heteroatoms. The third-order valence-electron chi connectivity index (χ3n) is 4.21. The third-order valence-corrected chi connectivity index (χ3v) is 4.71. The van der Waals surface area contributed by atoms with Gasteiger partial charge in [-0.25, -0.2) is 0 Å². The molecule has 0 aromatic heterocycles. The van der Waals surface area contributed by atoms with Gasteiger partial charge in [0.2, 0.25) is 5.91 Å². The molecule has 0 radical (unpaired) electrons. The van der Waals surface area contributed by atoms with E-state index in [0.29, 0.717) is 13.2 Å². The zero-order chi connectivity index (χ0) is 13.5. The predicted molar refractivity (Wildman–Crippen MR) is 78.5 cm³/mol. The van der Waals surface area contributed by atoms with E-state index < -0.39 is 0 Å². The first-order valence-corrected chi connectivity index (χ1v) is 7.68. The molecule has 0 bridgehead atoms. The minimum Gasteiger partial charge on any atom is -0.381 e. The molecule has 0 unspecified atom stereocenters. The summed E-state index contributed by atoms with van der Waals surface area (Å²) in [5.41, 5.74) is 1.95. The van der Waals surface area contributed by atoms with Crippen LogP contribution in [0.25, 0.3) is 0 Å². The second-order valence-corrected chi connectivity index (χ2v) is 6.23. The lowest BCUT2D eigenvalue weighted by molar-refractivity contribution is -0.126. The van der Waals surface area contributed by atoms with E-state index in [9.17, 15) is 4.79 Å². The van der Waals surface area contributed by atoms with E-state index in [0.717, 1.165) is 36.0 Å². The average molecular weight is 324 g/mol. The largest absolute Gasteiger partial charge is 0.381 e. The first kappa shape index (κ1) is 13.1. The van der Waals surface area contributed by atoms with E-state index in [-0.39, 0.29) is 11.3 Å². The molecule has 3 rings (SSSR count). The third kappa shape index (κ3) is 1.93. The summed E-state index contributed by atoms with van der Waals surface area (Å²) in [7, 11) is 0. The summed E-state index contributed by atoms with van der Waals surface area (Å²) in [4.78, 5) is 14.9. The van der Waals surface area contributed by atoms with E-state index in [1.54, 1.807) is 0 Å². The van der Waals surface area contributed by atoms with Gasteiger partial charge in [-0.15, -0.1) is 0 Å². The number of amides is 1. The fourth-order valence-electron chi connectivity index (χ4n) is 3.26. The van der Waals surface area contributed by atoms with Gasteiger partial charge in [0.1, 0.15) is 0 Å². The van der Waals surface area contributed by atoms with Crippen molar-refractivity contribution in [1.29, 1.82) is 0 Å². The van der Waals surface area contributed by atoms with Crippen molar-refractivity contribution in [3.63, 3.8) is 0 Å². The van der Waals surface area contributed by atoms with Crippen LogP contribution in [0.15, 0.2) is 22.7 Å². The highest BCUT2D eigenvalue weighted by Gasteiger charge is 2.51. The van der Waals surface area contributed by atoms with Crippen LogP contribution < -0.4 is 4.90 Å². The van der Waals surface area contributed by atoms with Crippen molar-refractivity contribution in [1.82, 2.24) is 0 Å². The second kappa shape index (κ2) is 4.91. The molecule has 102 valence electrons. The van der Waals surface area contributed by atoms with Crippen LogP contribution in [-0.4, -0.2) is 25.7 Å². The van der Waals surface area contributed by atoms with Crippen LogP contribution in [-0.2, 0) is 14.9 Å². The van der Waals surface area contributed by atoms with Crippen molar-refractivity contribution < 1.29 is 9.53 Å².